The number of piperidine rings is 1. The van der Waals surface area contributed by atoms with Gasteiger partial charge in [-0.05, 0) is 32.3 Å². The minimum Gasteiger partial charge on any atom is -0.450 e. The van der Waals surface area contributed by atoms with E-state index in [1.807, 2.05) is 31.2 Å². The maximum absolute atomic E-state index is 11.8. The molecule has 3 rings (SSSR count). The Labute approximate surface area is 160 Å². The highest BCUT2D eigenvalue weighted by Gasteiger charge is 2.23. The van der Waals surface area contributed by atoms with Gasteiger partial charge in [0.25, 0.3) is 0 Å². The number of amides is 1. The van der Waals surface area contributed by atoms with Crippen molar-refractivity contribution in [3.63, 3.8) is 0 Å². The lowest BCUT2D eigenvalue weighted by Gasteiger charge is -2.31. The second kappa shape index (κ2) is 9.21. The number of hydrogen-bond acceptors (Lipinski definition) is 6. The second-order valence-electron chi connectivity index (χ2n) is 6.67. The number of likely N-dealkylation sites (tertiary alicyclic amines) is 1. The summed E-state index contributed by atoms with van der Waals surface area (Å²) < 4.78 is 5.06. The van der Waals surface area contributed by atoms with E-state index in [0.29, 0.717) is 19.7 Å². The SMILES string of the molecule is CCOC(=O)N1CCC(Nc2cc(NC(C)c3ccccc3)ncn2)CC1. The molecule has 0 bridgehead atoms. The molecule has 0 spiro atoms. The Balaban J connectivity index is 1.53. The van der Waals surface area contributed by atoms with Gasteiger partial charge >= 0.3 is 6.09 Å². The van der Waals surface area contributed by atoms with Crippen molar-refractivity contribution in [1.29, 1.82) is 0 Å². The molecule has 1 amide bonds. The normalized spacial score (nSPS) is 15.9. The van der Waals surface area contributed by atoms with Crippen LogP contribution in [0.2, 0.25) is 0 Å². The van der Waals surface area contributed by atoms with Gasteiger partial charge in [-0.1, -0.05) is 30.3 Å². The number of rotatable bonds is 6. The Morgan fingerprint density at radius 2 is 1.93 bits per heavy atom. The smallest absolute Gasteiger partial charge is 0.409 e. The average molecular weight is 369 g/mol. The molecule has 1 unspecified atom stereocenters. The Hall–Kier alpha value is -2.83. The molecule has 7 heteroatoms. The molecule has 7 nitrogen and oxygen atoms in total. The largest absolute Gasteiger partial charge is 0.450 e. The number of aromatic nitrogens is 2. The standard InChI is InChI=1S/C20H27N5O2/c1-3-27-20(26)25-11-9-17(10-12-25)24-19-13-18(21-14-22-19)23-15(2)16-7-5-4-6-8-16/h4-8,13-15,17H,3,9-12H2,1-2H3,(H2,21,22,23,24). The van der Waals surface area contributed by atoms with Crippen LogP contribution in [-0.4, -0.2) is 46.7 Å². The van der Waals surface area contributed by atoms with Crippen LogP contribution in [0.15, 0.2) is 42.7 Å². The highest BCUT2D eigenvalue weighted by atomic mass is 16.6. The molecule has 1 aliphatic heterocycles. The van der Waals surface area contributed by atoms with Gasteiger partial charge in [0.2, 0.25) is 0 Å². The van der Waals surface area contributed by atoms with E-state index in [1.165, 1.54) is 5.56 Å². The molecule has 1 fully saturated rings. The molecule has 2 N–H and O–H groups in total. The molecule has 1 aliphatic rings. The van der Waals surface area contributed by atoms with Crippen molar-refractivity contribution in [2.75, 3.05) is 30.3 Å². The first-order chi connectivity index (χ1) is 13.2. The highest BCUT2D eigenvalue weighted by molar-refractivity contribution is 5.67. The van der Waals surface area contributed by atoms with E-state index in [-0.39, 0.29) is 18.2 Å². The molecular weight excluding hydrogens is 342 g/mol. The van der Waals surface area contributed by atoms with Crippen LogP contribution >= 0.6 is 0 Å². The van der Waals surface area contributed by atoms with E-state index in [1.54, 1.807) is 11.2 Å². The van der Waals surface area contributed by atoms with Gasteiger partial charge in [0, 0.05) is 31.2 Å². The molecule has 2 heterocycles. The minimum absolute atomic E-state index is 0.154. The molecule has 2 aromatic rings. The third-order valence-electron chi connectivity index (χ3n) is 4.70. The van der Waals surface area contributed by atoms with Crippen LogP contribution in [0.1, 0.15) is 38.3 Å². The zero-order chi connectivity index (χ0) is 19.1. The van der Waals surface area contributed by atoms with Crippen LogP contribution < -0.4 is 10.6 Å². The van der Waals surface area contributed by atoms with Gasteiger partial charge in [0.15, 0.2) is 0 Å². The monoisotopic (exact) mass is 369 g/mol. The van der Waals surface area contributed by atoms with E-state index < -0.39 is 0 Å². The van der Waals surface area contributed by atoms with Crippen LogP contribution in [0.4, 0.5) is 16.4 Å². The predicted octanol–water partition coefficient (Wildman–Crippen LogP) is 3.68. The molecule has 0 saturated carbocycles. The number of hydrogen-bond donors (Lipinski definition) is 2. The van der Waals surface area contributed by atoms with Crippen LogP contribution in [-0.2, 0) is 4.74 Å². The molecule has 0 radical (unpaired) electrons. The third-order valence-corrected chi connectivity index (χ3v) is 4.70. The maximum atomic E-state index is 11.8. The summed E-state index contributed by atoms with van der Waals surface area (Å²) in [5, 5.41) is 6.87. The molecule has 1 saturated heterocycles. The van der Waals surface area contributed by atoms with E-state index >= 15 is 0 Å². The second-order valence-corrected chi connectivity index (χ2v) is 6.67. The molecule has 0 aliphatic carbocycles. The number of anilines is 2. The van der Waals surface area contributed by atoms with Gasteiger partial charge in [-0.3, -0.25) is 0 Å². The molecular formula is C20H27N5O2. The molecule has 1 aromatic heterocycles. The number of benzene rings is 1. The van der Waals surface area contributed by atoms with E-state index in [0.717, 1.165) is 24.5 Å². The first-order valence-corrected chi connectivity index (χ1v) is 9.47. The van der Waals surface area contributed by atoms with Crippen molar-refractivity contribution in [3.05, 3.63) is 48.3 Å². The fraction of sp³-hybridized carbons (Fsp3) is 0.450. The molecule has 144 valence electrons. The summed E-state index contributed by atoms with van der Waals surface area (Å²) in [5.41, 5.74) is 1.21. The van der Waals surface area contributed by atoms with Crippen molar-refractivity contribution in [1.82, 2.24) is 14.9 Å². The van der Waals surface area contributed by atoms with Crippen LogP contribution in [0, 0.1) is 0 Å². The Bertz CT molecular complexity index is 732. The van der Waals surface area contributed by atoms with Crippen LogP contribution in [0.25, 0.3) is 0 Å². The Morgan fingerprint density at radius 1 is 1.22 bits per heavy atom. The minimum atomic E-state index is -0.223. The maximum Gasteiger partial charge on any atom is 0.409 e. The Kier molecular flexibility index (Phi) is 6.46. The van der Waals surface area contributed by atoms with Crippen molar-refractivity contribution in [2.24, 2.45) is 0 Å². The number of nitrogens with zero attached hydrogens (tertiary/aromatic N) is 3. The first kappa shape index (κ1) is 18.9. The van der Waals surface area contributed by atoms with E-state index in [4.69, 9.17) is 4.74 Å². The van der Waals surface area contributed by atoms with E-state index in [9.17, 15) is 4.79 Å². The van der Waals surface area contributed by atoms with Crippen LogP contribution in [0.5, 0.6) is 0 Å². The topological polar surface area (TPSA) is 79.4 Å². The lowest BCUT2D eigenvalue weighted by atomic mass is 10.1. The number of nitrogens with one attached hydrogen (secondary N) is 2. The summed E-state index contributed by atoms with van der Waals surface area (Å²) in [6.07, 6.45) is 3.08. The number of carbonyl (C=O) groups is 1. The Morgan fingerprint density at radius 3 is 2.63 bits per heavy atom. The predicted molar refractivity (Wildman–Crippen MR) is 106 cm³/mol. The lowest BCUT2D eigenvalue weighted by Crippen LogP contribution is -2.42. The molecule has 27 heavy (non-hydrogen) atoms. The summed E-state index contributed by atoms with van der Waals surface area (Å²) in [4.78, 5) is 22.2. The third kappa shape index (κ3) is 5.32. The first-order valence-electron chi connectivity index (χ1n) is 9.47. The average Bonchev–Trinajstić information content (AvgIpc) is 2.70. The fourth-order valence-electron chi connectivity index (χ4n) is 3.19. The summed E-state index contributed by atoms with van der Waals surface area (Å²) in [6, 6.07) is 12.6. The summed E-state index contributed by atoms with van der Waals surface area (Å²) in [6.45, 7) is 5.73. The quantitative estimate of drug-likeness (QED) is 0.809. The van der Waals surface area contributed by atoms with Gasteiger partial charge in [-0.15, -0.1) is 0 Å². The van der Waals surface area contributed by atoms with Crippen LogP contribution in [0.3, 0.4) is 0 Å². The summed E-state index contributed by atoms with van der Waals surface area (Å²) in [7, 11) is 0. The fourth-order valence-corrected chi connectivity index (χ4v) is 3.19. The number of carbonyl (C=O) groups excluding carboxylic acids is 1. The van der Waals surface area contributed by atoms with E-state index in [2.05, 4.69) is 39.7 Å². The van der Waals surface area contributed by atoms with Gasteiger partial charge in [-0.2, -0.15) is 0 Å². The van der Waals surface area contributed by atoms with Crippen molar-refractivity contribution < 1.29 is 9.53 Å². The van der Waals surface area contributed by atoms with Gasteiger partial charge in [0.05, 0.1) is 6.61 Å². The zero-order valence-electron chi connectivity index (χ0n) is 15.9. The number of ether oxygens (including phenoxy) is 1. The van der Waals surface area contributed by atoms with Crippen molar-refractivity contribution in [3.8, 4) is 0 Å². The summed E-state index contributed by atoms with van der Waals surface area (Å²) >= 11 is 0. The zero-order valence-corrected chi connectivity index (χ0v) is 15.9. The lowest BCUT2D eigenvalue weighted by molar-refractivity contribution is 0.0983. The van der Waals surface area contributed by atoms with Gasteiger partial charge in [-0.25, -0.2) is 14.8 Å². The van der Waals surface area contributed by atoms with Gasteiger partial charge < -0.3 is 20.3 Å². The molecule has 1 atom stereocenters. The van der Waals surface area contributed by atoms with Gasteiger partial charge in [0.1, 0.15) is 18.0 Å². The highest BCUT2D eigenvalue weighted by Crippen LogP contribution is 2.20. The summed E-state index contributed by atoms with van der Waals surface area (Å²) in [5.74, 6) is 1.58. The van der Waals surface area contributed by atoms with Crippen molar-refractivity contribution in [2.45, 2.75) is 38.8 Å². The molecule has 1 aromatic carbocycles. The van der Waals surface area contributed by atoms with Crippen molar-refractivity contribution >= 4 is 17.7 Å².